The Kier molecular flexibility index (Phi) is 4.39. The van der Waals surface area contributed by atoms with Crippen molar-refractivity contribution in [3.63, 3.8) is 0 Å². The molecule has 1 aliphatic carbocycles. The van der Waals surface area contributed by atoms with Crippen LogP contribution in [0, 0.1) is 5.41 Å². The predicted octanol–water partition coefficient (Wildman–Crippen LogP) is 3.74. The summed E-state index contributed by atoms with van der Waals surface area (Å²) in [5, 5.41) is 3.74. The van der Waals surface area contributed by atoms with E-state index in [9.17, 15) is 0 Å². The molecule has 1 aliphatic rings. The Bertz CT molecular complexity index is 355. The largest absolute Gasteiger partial charge is 0.313 e. The standard InChI is InChI=1S/C16H26N2/c1-4-18-15(16(3)9-5-6-10-16)13(2)14-7-11-17-12-8-14/h7-8,11-13,15,18H,4-6,9-10H2,1-3H3. The summed E-state index contributed by atoms with van der Waals surface area (Å²) in [6.07, 6.45) is 9.32. The van der Waals surface area contributed by atoms with E-state index in [2.05, 4.69) is 43.2 Å². The Morgan fingerprint density at radius 3 is 2.44 bits per heavy atom. The van der Waals surface area contributed by atoms with Crippen molar-refractivity contribution < 1.29 is 0 Å². The quantitative estimate of drug-likeness (QED) is 0.856. The smallest absolute Gasteiger partial charge is 0.0270 e. The Labute approximate surface area is 111 Å². The number of hydrogen-bond donors (Lipinski definition) is 1. The van der Waals surface area contributed by atoms with Gasteiger partial charge in [-0.05, 0) is 48.4 Å². The van der Waals surface area contributed by atoms with Crippen LogP contribution >= 0.6 is 0 Å². The van der Waals surface area contributed by atoms with Gasteiger partial charge in [-0.25, -0.2) is 0 Å². The third-order valence-electron chi connectivity index (χ3n) is 4.65. The van der Waals surface area contributed by atoms with Crippen LogP contribution < -0.4 is 5.32 Å². The summed E-state index contributed by atoms with van der Waals surface area (Å²) in [7, 11) is 0. The van der Waals surface area contributed by atoms with Crippen molar-refractivity contribution in [3.8, 4) is 0 Å². The lowest BCUT2D eigenvalue weighted by Gasteiger charge is -2.39. The summed E-state index contributed by atoms with van der Waals surface area (Å²) in [5.41, 5.74) is 1.86. The van der Waals surface area contributed by atoms with E-state index in [1.807, 2.05) is 12.4 Å². The molecule has 0 spiro atoms. The zero-order valence-corrected chi connectivity index (χ0v) is 11.9. The number of pyridine rings is 1. The van der Waals surface area contributed by atoms with Crippen LogP contribution in [-0.4, -0.2) is 17.6 Å². The molecular weight excluding hydrogens is 220 g/mol. The Morgan fingerprint density at radius 2 is 1.89 bits per heavy atom. The molecule has 2 heteroatoms. The van der Waals surface area contributed by atoms with Crippen molar-refractivity contribution in [3.05, 3.63) is 30.1 Å². The number of nitrogens with zero attached hydrogens (tertiary/aromatic N) is 1. The molecule has 1 saturated carbocycles. The number of nitrogens with one attached hydrogen (secondary N) is 1. The SMILES string of the molecule is CCNC(C(C)c1ccncc1)C1(C)CCCC1. The van der Waals surface area contributed by atoms with Gasteiger partial charge in [-0.15, -0.1) is 0 Å². The van der Waals surface area contributed by atoms with Gasteiger partial charge in [0.15, 0.2) is 0 Å². The normalized spacial score (nSPS) is 21.7. The van der Waals surface area contributed by atoms with Gasteiger partial charge in [0.25, 0.3) is 0 Å². The van der Waals surface area contributed by atoms with Gasteiger partial charge in [-0.2, -0.15) is 0 Å². The third kappa shape index (κ3) is 2.74. The molecule has 1 aromatic rings. The van der Waals surface area contributed by atoms with Crippen molar-refractivity contribution in [1.82, 2.24) is 10.3 Å². The van der Waals surface area contributed by atoms with Gasteiger partial charge >= 0.3 is 0 Å². The van der Waals surface area contributed by atoms with Crippen LogP contribution in [0.3, 0.4) is 0 Å². The molecule has 2 nitrogen and oxygen atoms in total. The van der Waals surface area contributed by atoms with E-state index in [0.29, 0.717) is 17.4 Å². The fourth-order valence-electron chi connectivity index (χ4n) is 3.60. The number of rotatable bonds is 5. The summed E-state index contributed by atoms with van der Waals surface area (Å²) in [5.74, 6) is 0.552. The first-order chi connectivity index (χ1) is 8.67. The Hall–Kier alpha value is -0.890. The van der Waals surface area contributed by atoms with Gasteiger partial charge in [0, 0.05) is 18.4 Å². The highest BCUT2D eigenvalue weighted by Crippen LogP contribution is 2.44. The van der Waals surface area contributed by atoms with E-state index >= 15 is 0 Å². The molecule has 0 saturated heterocycles. The predicted molar refractivity (Wildman–Crippen MR) is 76.7 cm³/mol. The van der Waals surface area contributed by atoms with Gasteiger partial charge in [-0.3, -0.25) is 4.98 Å². The molecule has 1 N–H and O–H groups in total. The van der Waals surface area contributed by atoms with Crippen LogP contribution in [0.25, 0.3) is 0 Å². The molecule has 0 amide bonds. The molecule has 18 heavy (non-hydrogen) atoms. The summed E-state index contributed by atoms with van der Waals surface area (Å²) in [4.78, 5) is 4.13. The third-order valence-corrected chi connectivity index (χ3v) is 4.65. The lowest BCUT2D eigenvalue weighted by molar-refractivity contribution is 0.199. The monoisotopic (exact) mass is 246 g/mol. The molecule has 1 aromatic heterocycles. The van der Waals surface area contributed by atoms with Gasteiger partial charge in [0.1, 0.15) is 0 Å². The molecule has 2 rings (SSSR count). The van der Waals surface area contributed by atoms with Crippen molar-refractivity contribution in [2.24, 2.45) is 5.41 Å². The second kappa shape index (κ2) is 5.83. The van der Waals surface area contributed by atoms with Crippen molar-refractivity contribution >= 4 is 0 Å². The van der Waals surface area contributed by atoms with Crippen LogP contribution in [0.4, 0.5) is 0 Å². The van der Waals surface area contributed by atoms with E-state index in [-0.39, 0.29) is 0 Å². The minimum Gasteiger partial charge on any atom is -0.313 e. The average Bonchev–Trinajstić information content (AvgIpc) is 2.84. The van der Waals surface area contributed by atoms with E-state index < -0.39 is 0 Å². The Balaban J connectivity index is 2.19. The lowest BCUT2D eigenvalue weighted by Crippen LogP contribution is -2.45. The summed E-state index contributed by atoms with van der Waals surface area (Å²) >= 11 is 0. The maximum atomic E-state index is 4.13. The van der Waals surface area contributed by atoms with Crippen molar-refractivity contribution in [2.75, 3.05) is 6.54 Å². The zero-order chi connectivity index (χ0) is 13.0. The first kappa shape index (κ1) is 13.5. The van der Waals surface area contributed by atoms with Crippen molar-refractivity contribution in [2.45, 2.75) is 58.4 Å². The fourth-order valence-corrected chi connectivity index (χ4v) is 3.60. The molecule has 2 unspecified atom stereocenters. The molecular formula is C16H26N2. The minimum atomic E-state index is 0.457. The second-order valence-corrected chi connectivity index (χ2v) is 5.97. The van der Waals surface area contributed by atoms with Crippen LogP contribution in [0.5, 0.6) is 0 Å². The van der Waals surface area contributed by atoms with Crippen LogP contribution in [-0.2, 0) is 0 Å². The maximum absolute atomic E-state index is 4.13. The molecule has 0 bridgehead atoms. The van der Waals surface area contributed by atoms with Crippen LogP contribution in [0.2, 0.25) is 0 Å². The van der Waals surface area contributed by atoms with Crippen LogP contribution in [0.15, 0.2) is 24.5 Å². The van der Waals surface area contributed by atoms with Crippen molar-refractivity contribution in [1.29, 1.82) is 0 Å². The Morgan fingerprint density at radius 1 is 1.28 bits per heavy atom. The summed E-state index contributed by atoms with van der Waals surface area (Å²) < 4.78 is 0. The highest BCUT2D eigenvalue weighted by atomic mass is 14.9. The van der Waals surface area contributed by atoms with E-state index in [0.717, 1.165) is 6.54 Å². The zero-order valence-electron chi connectivity index (χ0n) is 11.9. The van der Waals surface area contributed by atoms with E-state index in [1.165, 1.54) is 31.2 Å². The van der Waals surface area contributed by atoms with Gasteiger partial charge in [0.2, 0.25) is 0 Å². The summed E-state index contributed by atoms with van der Waals surface area (Å²) in [6, 6.07) is 4.90. The molecule has 0 radical (unpaired) electrons. The van der Waals surface area contributed by atoms with Gasteiger partial charge in [-0.1, -0.05) is 33.6 Å². The van der Waals surface area contributed by atoms with Crippen LogP contribution in [0.1, 0.15) is 57.9 Å². The molecule has 2 atom stereocenters. The van der Waals surface area contributed by atoms with E-state index in [4.69, 9.17) is 0 Å². The molecule has 100 valence electrons. The highest BCUT2D eigenvalue weighted by molar-refractivity contribution is 5.19. The summed E-state index contributed by atoms with van der Waals surface area (Å²) in [6.45, 7) is 8.08. The number of likely N-dealkylation sites (N-methyl/N-ethyl adjacent to an activating group) is 1. The molecule has 0 aliphatic heterocycles. The average molecular weight is 246 g/mol. The molecule has 1 heterocycles. The van der Waals surface area contributed by atoms with E-state index in [1.54, 1.807) is 0 Å². The first-order valence-corrected chi connectivity index (χ1v) is 7.30. The number of hydrogen-bond acceptors (Lipinski definition) is 2. The highest BCUT2D eigenvalue weighted by Gasteiger charge is 2.39. The van der Waals surface area contributed by atoms with Gasteiger partial charge < -0.3 is 5.32 Å². The second-order valence-electron chi connectivity index (χ2n) is 5.97. The molecule has 1 fully saturated rings. The van der Waals surface area contributed by atoms with Gasteiger partial charge in [0.05, 0.1) is 0 Å². The number of aromatic nitrogens is 1. The topological polar surface area (TPSA) is 24.9 Å². The lowest BCUT2D eigenvalue weighted by atomic mass is 9.73. The molecule has 0 aromatic carbocycles. The fraction of sp³-hybridized carbons (Fsp3) is 0.688. The minimum absolute atomic E-state index is 0.457. The maximum Gasteiger partial charge on any atom is 0.0270 e. The first-order valence-electron chi connectivity index (χ1n) is 7.30.